The first-order valence-electron chi connectivity index (χ1n) is 8.25. The number of ether oxygens (including phenoxy) is 2. The number of carbonyl (C=O) groups is 3. The van der Waals surface area contributed by atoms with Crippen LogP contribution in [0.25, 0.3) is 10.9 Å². The number of methoxy groups -OCH3 is 1. The van der Waals surface area contributed by atoms with Crippen LogP contribution in [0.4, 0.5) is 5.69 Å². The lowest BCUT2D eigenvalue weighted by molar-refractivity contribution is -0.119. The normalized spacial score (nSPS) is 10.3. The van der Waals surface area contributed by atoms with Gasteiger partial charge in [0.15, 0.2) is 6.61 Å². The molecule has 1 aromatic heterocycles. The lowest BCUT2D eigenvalue weighted by Gasteiger charge is -2.08. The predicted octanol–water partition coefficient (Wildman–Crippen LogP) is 2.11. The number of esters is 2. The number of aromatic nitrogens is 1. The molecule has 0 aliphatic rings. The van der Waals surface area contributed by atoms with E-state index in [1.807, 2.05) is 0 Å². The maximum atomic E-state index is 12.3. The van der Waals surface area contributed by atoms with Crippen LogP contribution >= 0.6 is 0 Å². The number of pyridine rings is 1. The summed E-state index contributed by atoms with van der Waals surface area (Å²) in [4.78, 5) is 50.0. The Morgan fingerprint density at radius 2 is 1.71 bits per heavy atom. The van der Waals surface area contributed by atoms with Crippen molar-refractivity contribution < 1.29 is 23.9 Å². The minimum Gasteiger partial charge on any atom is -0.465 e. The first kappa shape index (κ1) is 18.8. The number of para-hydroxylation sites is 1. The number of rotatable bonds is 5. The minimum atomic E-state index is -0.779. The molecular formula is C20H16N2O6. The Labute approximate surface area is 159 Å². The van der Waals surface area contributed by atoms with Crippen LogP contribution in [0, 0.1) is 0 Å². The summed E-state index contributed by atoms with van der Waals surface area (Å²) >= 11 is 0. The highest BCUT2D eigenvalue weighted by atomic mass is 16.5. The van der Waals surface area contributed by atoms with Gasteiger partial charge in [-0.1, -0.05) is 18.2 Å². The maximum absolute atomic E-state index is 12.3. The van der Waals surface area contributed by atoms with Crippen LogP contribution in [0.1, 0.15) is 20.7 Å². The second kappa shape index (κ2) is 8.17. The van der Waals surface area contributed by atoms with E-state index in [1.165, 1.54) is 31.4 Å². The van der Waals surface area contributed by atoms with Gasteiger partial charge in [-0.2, -0.15) is 0 Å². The van der Waals surface area contributed by atoms with E-state index in [0.29, 0.717) is 22.2 Å². The van der Waals surface area contributed by atoms with E-state index in [9.17, 15) is 19.2 Å². The number of fused-ring (bicyclic) bond motifs is 1. The van der Waals surface area contributed by atoms with Crippen molar-refractivity contribution in [3.05, 3.63) is 76.1 Å². The topological polar surface area (TPSA) is 115 Å². The van der Waals surface area contributed by atoms with E-state index in [1.54, 1.807) is 24.3 Å². The Balaban J connectivity index is 1.64. The number of hydrogen-bond acceptors (Lipinski definition) is 6. The van der Waals surface area contributed by atoms with Crippen molar-refractivity contribution in [1.29, 1.82) is 0 Å². The smallest absolute Gasteiger partial charge is 0.339 e. The van der Waals surface area contributed by atoms with Crippen LogP contribution < -0.4 is 10.9 Å². The van der Waals surface area contributed by atoms with Crippen molar-refractivity contribution in [2.75, 3.05) is 19.0 Å². The molecule has 142 valence electrons. The molecule has 0 fully saturated rings. The molecule has 0 spiro atoms. The molecule has 0 unspecified atom stereocenters. The molecule has 28 heavy (non-hydrogen) atoms. The summed E-state index contributed by atoms with van der Waals surface area (Å²) in [6.07, 6.45) is 0. The summed E-state index contributed by atoms with van der Waals surface area (Å²) in [5.74, 6) is -1.83. The van der Waals surface area contributed by atoms with Gasteiger partial charge in [-0.25, -0.2) is 9.59 Å². The number of nitrogens with one attached hydrogen (secondary N) is 2. The third kappa shape index (κ3) is 4.24. The summed E-state index contributed by atoms with van der Waals surface area (Å²) in [7, 11) is 1.27. The van der Waals surface area contributed by atoms with Gasteiger partial charge in [0.05, 0.1) is 18.2 Å². The van der Waals surface area contributed by atoms with E-state index >= 15 is 0 Å². The maximum Gasteiger partial charge on any atom is 0.339 e. The average molecular weight is 380 g/mol. The van der Waals surface area contributed by atoms with Gasteiger partial charge in [0.2, 0.25) is 5.56 Å². The molecule has 2 N–H and O–H groups in total. The first-order chi connectivity index (χ1) is 13.5. The molecule has 0 atom stereocenters. The van der Waals surface area contributed by atoms with Gasteiger partial charge in [0.25, 0.3) is 5.91 Å². The van der Waals surface area contributed by atoms with Gasteiger partial charge in [-0.3, -0.25) is 9.59 Å². The fourth-order valence-electron chi connectivity index (χ4n) is 2.59. The largest absolute Gasteiger partial charge is 0.465 e. The number of benzene rings is 2. The van der Waals surface area contributed by atoms with Crippen molar-refractivity contribution in [3.63, 3.8) is 0 Å². The molecule has 0 saturated carbocycles. The van der Waals surface area contributed by atoms with Gasteiger partial charge < -0.3 is 19.8 Å². The monoisotopic (exact) mass is 380 g/mol. The molecular weight excluding hydrogens is 364 g/mol. The van der Waals surface area contributed by atoms with Gasteiger partial charge in [-0.15, -0.1) is 0 Å². The average Bonchev–Trinajstić information content (AvgIpc) is 2.71. The fourth-order valence-corrected chi connectivity index (χ4v) is 2.59. The van der Waals surface area contributed by atoms with Crippen LogP contribution in [-0.4, -0.2) is 36.5 Å². The van der Waals surface area contributed by atoms with E-state index in [0.717, 1.165) is 6.07 Å². The number of amides is 1. The van der Waals surface area contributed by atoms with Crippen LogP contribution in [0.15, 0.2) is 59.4 Å². The van der Waals surface area contributed by atoms with Crippen LogP contribution in [0.3, 0.4) is 0 Å². The Morgan fingerprint density at radius 3 is 2.43 bits per heavy atom. The molecule has 3 aromatic rings. The standard InChI is InChI=1S/C20H16N2O6/c1-27-19(25)12-6-8-13(9-7-12)21-18(24)11-28-20(26)15-10-17(23)22-16-5-3-2-4-14(15)16/h2-10H,11H2,1H3,(H,21,24)(H,22,23). The number of anilines is 1. The summed E-state index contributed by atoms with van der Waals surface area (Å²) < 4.78 is 9.62. The highest BCUT2D eigenvalue weighted by Gasteiger charge is 2.15. The number of H-pyrrole nitrogens is 1. The summed E-state index contributed by atoms with van der Waals surface area (Å²) in [6.45, 7) is -0.529. The van der Waals surface area contributed by atoms with E-state index in [-0.39, 0.29) is 5.56 Å². The summed E-state index contributed by atoms with van der Waals surface area (Å²) in [5, 5.41) is 3.06. The molecule has 0 aliphatic carbocycles. The van der Waals surface area contributed by atoms with Gasteiger partial charge in [-0.05, 0) is 30.3 Å². The van der Waals surface area contributed by atoms with Crippen molar-refractivity contribution >= 4 is 34.4 Å². The number of carbonyl (C=O) groups excluding carboxylic acids is 3. The molecule has 8 heteroatoms. The van der Waals surface area contributed by atoms with Crippen molar-refractivity contribution in [2.24, 2.45) is 0 Å². The Kier molecular flexibility index (Phi) is 5.50. The Bertz CT molecular complexity index is 1100. The zero-order chi connectivity index (χ0) is 20.1. The van der Waals surface area contributed by atoms with Crippen molar-refractivity contribution in [3.8, 4) is 0 Å². The van der Waals surface area contributed by atoms with Crippen LogP contribution in [0.5, 0.6) is 0 Å². The van der Waals surface area contributed by atoms with Gasteiger partial charge in [0, 0.05) is 22.7 Å². The predicted molar refractivity (Wildman–Crippen MR) is 101 cm³/mol. The van der Waals surface area contributed by atoms with E-state index < -0.39 is 30.0 Å². The molecule has 0 saturated heterocycles. The van der Waals surface area contributed by atoms with Crippen molar-refractivity contribution in [2.45, 2.75) is 0 Å². The van der Waals surface area contributed by atoms with Gasteiger partial charge in [0.1, 0.15) is 0 Å². The van der Waals surface area contributed by atoms with E-state index in [2.05, 4.69) is 15.0 Å². The molecule has 2 aromatic carbocycles. The SMILES string of the molecule is COC(=O)c1ccc(NC(=O)COC(=O)c2cc(=O)[nH]c3ccccc23)cc1. The molecule has 1 amide bonds. The number of hydrogen-bond donors (Lipinski definition) is 2. The van der Waals surface area contributed by atoms with E-state index in [4.69, 9.17) is 4.74 Å². The minimum absolute atomic E-state index is 0.0783. The highest BCUT2D eigenvalue weighted by molar-refractivity contribution is 6.04. The summed E-state index contributed by atoms with van der Waals surface area (Å²) in [5.41, 5.74) is 0.899. The lowest BCUT2D eigenvalue weighted by Crippen LogP contribution is -2.22. The Hall–Kier alpha value is -3.94. The molecule has 0 aliphatic heterocycles. The zero-order valence-electron chi connectivity index (χ0n) is 14.9. The Morgan fingerprint density at radius 1 is 1.00 bits per heavy atom. The molecule has 0 bridgehead atoms. The van der Waals surface area contributed by atoms with Crippen LogP contribution in [0.2, 0.25) is 0 Å². The summed E-state index contributed by atoms with van der Waals surface area (Å²) in [6, 6.07) is 14.0. The molecule has 0 radical (unpaired) electrons. The van der Waals surface area contributed by atoms with Crippen molar-refractivity contribution in [1.82, 2.24) is 4.98 Å². The van der Waals surface area contributed by atoms with Gasteiger partial charge >= 0.3 is 11.9 Å². The van der Waals surface area contributed by atoms with Crippen LogP contribution in [-0.2, 0) is 14.3 Å². The first-order valence-corrected chi connectivity index (χ1v) is 8.25. The second-order valence-electron chi connectivity index (χ2n) is 5.79. The lowest BCUT2D eigenvalue weighted by atomic mass is 10.1. The molecule has 1 heterocycles. The fraction of sp³-hybridized carbons (Fsp3) is 0.100. The number of aromatic amines is 1. The second-order valence-corrected chi connectivity index (χ2v) is 5.79. The third-order valence-corrected chi connectivity index (χ3v) is 3.89. The molecule has 8 nitrogen and oxygen atoms in total. The molecule has 3 rings (SSSR count). The quantitative estimate of drug-likeness (QED) is 0.655. The highest BCUT2D eigenvalue weighted by Crippen LogP contribution is 2.15. The third-order valence-electron chi connectivity index (χ3n) is 3.89. The zero-order valence-corrected chi connectivity index (χ0v) is 14.9.